The third kappa shape index (κ3) is 4.83. The molecule has 0 aliphatic rings. The van der Waals surface area contributed by atoms with Crippen LogP contribution < -0.4 is 10.1 Å². The van der Waals surface area contributed by atoms with Crippen molar-refractivity contribution in [1.29, 1.82) is 0 Å². The zero-order valence-electron chi connectivity index (χ0n) is 12.1. The molecule has 0 spiro atoms. The zero-order chi connectivity index (χ0) is 15.9. The first-order valence-corrected chi connectivity index (χ1v) is 6.88. The van der Waals surface area contributed by atoms with Crippen molar-refractivity contribution in [2.24, 2.45) is 0 Å². The molecule has 0 fully saturated rings. The molecule has 1 heterocycles. The van der Waals surface area contributed by atoms with Gasteiger partial charge in [0.1, 0.15) is 5.75 Å². The number of hydrogen-bond acceptors (Lipinski definition) is 3. The molecule has 22 heavy (non-hydrogen) atoms. The highest BCUT2D eigenvalue weighted by molar-refractivity contribution is 5.94. The van der Waals surface area contributed by atoms with E-state index in [0.29, 0.717) is 12.1 Å². The monoisotopic (exact) mass is 309 g/mol. The van der Waals surface area contributed by atoms with Gasteiger partial charge in [-0.15, -0.1) is 0 Å². The summed E-state index contributed by atoms with van der Waals surface area (Å²) in [5.41, 5.74) is 1.35. The van der Waals surface area contributed by atoms with Gasteiger partial charge >= 0.3 is 6.61 Å². The maximum Gasteiger partial charge on any atom is 0.387 e. The molecule has 1 aromatic heterocycles. The first-order valence-electron chi connectivity index (χ1n) is 6.88. The predicted octanol–water partition coefficient (Wildman–Crippen LogP) is 2.61. The zero-order valence-corrected chi connectivity index (χ0v) is 12.1. The SMILES string of the molecule is Cc1ccn(CCCNC(=O)c2ccc(OC(F)F)cc2)n1. The first-order chi connectivity index (χ1) is 10.5. The Balaban J connectivity index is 1.74. The van der Waals surface area contributed by atoms with Gasteiger partial charge in [0, 0.05) is 24.8 Å². The van der Waals surface area contributed by atoms with Gasteiger partial charge in [-0.05, 0) is 43.7 Å². The van der Waals surface area contributed by atoms with E-state index >= 15 is 0 Å². The van der Waals surface area contributed by atoms with E-state index in [1.54, 1.807) is 0 Å². The number of aryl methyl sites for hydroxylation is 2. The fourth-order valence-corrected chi connectivity index (χ4v) is 1.92. The summed E-state index contributed by atoms with van der Waals surface area (Å²) in [6, 6.07) is 7.50. The molecule has 2 rings (SSSR count). The van der Waals surface area contributed by atoms with Gasteiger partial charge in [0.2, 0.25) is 0 Å². The van der Waals surface area contributed by atoms with Gasteiger partial charge in [-0.25, -0.2) is 0 Å². The molecule has 0 aliphatic heterocycles. The second-order valence-electron chi connectivity index (χ2n) is 4.73. The highest BCUT2D eigenvalue weighted by Crippen LogP contribution is 2.14. The molecule has 1 aromatic carbocycles. The van der Waals surface area contributed by atoms with Crippen LogP contribution in [0.2, 0.25) is 0 Å². The summed E-state index contributed by atoms with van der Waals surface area (Å²) in [4.78, 5) is 11.9. The summed E-state index contributed by atoms with van der Waals surface area (Å²) in [5, 5.41) is 7.01. The third-order valence-electron chi connectivity index (χ3n) is 2.97. The molecule has 1 amide bonds. The van der Waals surface area contributed by atoms with Gasteiger partial charge in [0.05, 0.1) is 5.69 Å². The van der Waals surface area contributed by atoms with Crippen molar-refractivity contribution >= 4 is 5.91 Å². The molecule has 5 nitrogen and oxygen atoms in total. The second kappa shape index (κ2) is 7.53. The van der Waals surface area contributed by atoms with Crippen molar-refractivity contribution in [2.75, 3.05) is 6.54 Å². The summed E-state index contributed by atoms with van der Waals surface area (Å²) in [6.07, 6.45) is 2.64. The van der Waals surface area contributed by atoms with Crippen molar-refractivity contribution < 1.29 is 18.3 Å². The summed E-state index contributed by atoms with van der Waals surface area (Å²) in [5.74, 6) is -0.221. The van der Waals surface area contributed by atoms with Gasteiger partial charge in [-0.3, -0.25) is 9.48 Å². The lowest BCUT2D eigenvalue weighted by Crippen LogP contribution is -2.25. The van der Waals surface area contributed by atoms with Crippen molar-refractivity contribution in [3.63, 3.8) is 0 Å². The number of halogens is 2. The van der Waals surface area contributed by atoms with Gasteiger partial charge in [-0.1, -0.05) is 0 Å². The number of nitrogens with one attached hydrogen (secondary N) is 1. The lowest BCUT2D eigenvalue weighted by Gasteiger charge is -2.07. The van der Waals surface area contributed by atoms with Crippen LogP contribution in [0, 0.1) is 6.92 Å². The maximum atomic E-state index is 12.0. The topological polar surface area (TPSA) is 56.2 Å². The van der Waals surface area contributed by atoms with E-state index < -0.39 is 6.61 Å². The minimum atomic E-state index is -2.87. The maximum absolute atomic E-state index is 12.0. The Hall–Kier alpha value is -2.44. The number of rotatable bonds is 7. The number of carbonyl (C=O) groups is 1. The Bertz CT molecular complexity index is 612. The van der Waals surface area contributed by atoms with E-state index in [4.69, 9.17) is 0 Å². The average Bonchev–Trinajstić information content (AvgIpc) is 2.89. The van der Waals surface area contributed by atoms with Crippen LogP contribution in [0.15, 0.2) is 36.5 Å². The number of amides is 1. The summed E-state index contributed by atoms with van der Waals surface area (Å²) in [6.45, 7) is 0.271. The Morgan fingerprint density at radius 2 is 2.05 bits per heavy atom. The summed E-state index contributed by atoms with van der Waals surface area (Å²) < 4.78 is 30.1. The summed E-state index contributed by atoms with van der Waals surface area (Å²) >= 11 is 0. The van der Waals surface area contributed by atoms with Crippen LogP contribution in [0.1, 0.15) is 22.5 Å². The lowest BCUT2D eigenvalue weighted by atomic mass is 10.2. The Morgan fingerprint density at radius 1 is 1.32 bits per heavy atom. The summed E-state index contributed by atoms with van der Waals surface area (Å²) in [7, 11) is 0. The predicted molar refractivity (Wildman–Crippen MR) is 77.0 cm³/mol. The van der Waals surface area contributed by atoms with Crippen LogP contribution in [0.25, 0.3) is 0 Å². The van der Waals surface area contributed by atoms with Crippen molar-refractivity contribution in [1.82, 2.24) is 15.1 Å². The number of carbonyl (C=O) groups excluding carboxylic acids is 1. The van der Waals surface area contributed by atoms with E-state index in [1.165, 1.54) is 24.3 Å². The molecule has 0 atom stereocenters. The molecule has 0 unspecified atom stereocenters. The number of aromatic nitrogens is 2. The van der Waals surface area contributed by atoms with Gasteiger partial charge in [-0.2, -0.15) is 13.9 Å². The molecule has 7 heteroatoms. The van der Waals surface area contributed by atoms with Crippen LogP contribution in [0.3, 0.4) is 0 Å². The number of nitrogens with zero attached hydrogens (tertiary/aromatic N) is 2. The Kier molecular flexibility index (Phi) is 5.46. The molecule has 0 radical (unpaired) electrons. The van der Waals surface area contributed by atoms with Crippen LogP contribution in [0.5, 0.6) is 5.75 Å². The molecule has 0 saturated carbocycles. The molecular weight excluding hydrogens is 292 g/mol. The molecular formula is C15H17F2N3O2. The fraction of sp³-hybridized carbons (Fsp3) is 0.333. The molecule has 0 saturated heterocycles. The highest BCUT2D eigenvalue weighted by Gasteiger charge is 2.07. The molecule has 118 valence electrons. The molecule has 0 aliphatic carbocycles. The van der Waals surface area contributed by atoms with Gasteiger partial charge < -0.3 is 10.1 Å². The first kappa shape index (κ1) is 15.9. The fourth-order valence-electron chi connectivity index (χ4n) is 1.92. The van der Waals surface area contributed by atoms with E-state index in [-0.39, 0.29) is 11.7 Å². The number of hydrogen-bond donors (Lipinski definition) is 1. The van der Waals surface area contributed by atoms with E-state index in [9.17, 15) is 13.6 Å². The van der Waals surface area contributed by atoms with E-state index in [0.717, 1.165) is 18.7 Å². The van der Waals surface area contributed by atoms with Gasteiger partial charge in [0.15, 0.2) is 0 Å². The molecule has 2 aromatic rings. The Morgan fingerprint density at radius 3 is 2.64 bits per heavy atom. The number of alkyl halides is 2. The second-order valence-corrected chi connectivity index (χ2v) is 4.73. The van der Waals surface area contributed by atoms with E-state index in [2.05, 4.69) is 15.2 Å². The smallest absolute Gasteiger partial charge is 0.387 e. The Labute approximate surface area is 126 Å². The minimum Gasteiger partial charge on any atom is -0.435 e. The van der Waals surface area contributed by atoms with Gasteiger partial charge in [0.25, 0.3) is 5.91 Å². The minimum absolute atomic E-state index is 0.0283. The number of ether oxygens (including phenoxy) is 1. The highest BCUT2D eigenvalue weighted by atomic mass is 19.3. The number of benzene rings is 1. The normalized spacial score (nSPS) is 10.7. The third-order valence-corrected chi connectivity index (χ3v) is 2.97. The average molecular weight is 309 g/mol. The van der Waals surface area contributed by atoms with E-state index in [1.807, 2.05) is 23.9 Å². The standard InChI is InChI=1S/C15H17F2N3O2/c1-11-7-10-20(19-11)9-2-8-18-14(21)12-3-5-13(6-4-12)22-15(16)17/h3-7,10,15H,2,8-9H2,1H3,(H,18,21). The van der Waals surface area contributed by atoms with Crippen molar-refractivity contribution in [3.05, 3.63) is 47.8 Å². The quantitative estimate of drug-likeness (QED) is 0.800. The molecule has 1 N–H and O–H groups in total. The van der Waals surface area contributed by atoms with Crippen LogP contribution in [-0.2, 0) is 6.54 Å². The largest absolute Gasteiger partial charge is 0.435 e. The van der Waals surface area contributed by atoms with Crippen LogP contribution in [-0.4, -0.2) is 28.8 Å². The van der Waals surface area contributed by atoms with Crippen LogP contribution >= 0.6 is 0 Å². The lowest BCUT2D eigenvalue weighted by molar-refractivity contribution is -0.0498. The van der Waals surface area contributed by atoms with Crippen molar-refractivity contribution in [2.45, 2.75) is 26.5 Å². The van der Waals surface area contributed by atoms with Crippen molar-refractivity contribution in [3.8, 4) is 5.75 Å². The molecule has 0 bridgehead atoms. The van der Waals surface area contributed by atoms with Crippen LogP contribution in [0.4, 0.5) is 8.78 Å².